The molecule has 0 spiro atoms. The Balaban J connectivity index is 1.80. The van der Waals surface area contributed by atoms with Crippen LogP contribution in [0.4, 0.5) is 5.69 Å². The summed E-state index contributed by atoms with van der Waals surface area (Å²) in [4.78, 5) is 14.8. The highest BCUT2D eigenvalue weighted by atomic mass is 35.5. The number of nitrogens with one attached hydrogen (secondary N) is 2. The molecular formula is C20H19ClN4O. The van der Waals surface area contributed by atoms with Gasteiger partial charge in [-0.05, 0) is 38.1 Å². The molecule has 2 aromatic carbocycles. The van der Waals surface area contributed by atoms with E-state index in [-0.39, 0.29) is 12.1 Å². The molecule has 4 rings (SSSR count). The van der Waals surface area contributed by atoms with E-state index in [1.54, 1.807) is 11.1 Å². The first kappa shape index (κ1) is 16.8. The molecule has 5 nitrogen and oxygen atoms in total. The van der Waals surface area contributed by atoms with E-state index in [0.717, 1.165) is 22.5 Å². The van der Waals surface area contributed by atoms with Crippen LogP contribution in [0, 0.1) is 0 Å². The molecule has 0 saturated carbocycles. The van der Waals surface area contributed by atoms with Gasteiger partial charge in [0.2, 0.25) is 5.91 Å². The molecule has 1 saturated heterocycles. The van der Waals surface area contributed by atoms with Gasteiger partial charge in [0, 0.05) is 21.8 Å². The van der Waals surface area contributed by atoms with Crippen LogP contribution in [0.3, 0.4) is 0 Å². The summed E-state index contributed by atoms with van der Waals surface area (Å²) in [6.45, 7) is 3.79. The summed E-state index contributed by atoms with van der Waals surface area (Å²) in [5.41, 5.74) is 2.92. The number of para-hydroxylation sites is 1. The van der Waals surface area contributed by atoms with Crippen molar-refractivity contribution in [3.63, 3.8) is 0 Å². The van der Waals surface area contributed by atoms with E-state index < -0.39 is 5.54 Å². The number of hydrogen-bond acceptors (Lipinski definition) is 3. The zero-order valence-corrected chi connectivity index (χ0v) is 15.3. The second kappa shape index (κ2) is 6.27. The third kappa shape index (κ3) is 2.79. The number of rotatable bonds is 3. The van der Waals surface area contributed by atoms with Crippen molar-refractivity contribution in [1.29, 1.82) is 0 Å². The number of H-pyrrole nitrogens is 1. The predicted octanol–water partition coefficient (Wildman–Crippen LogP) is 4.14. The van der Waals surface area contributed by atoms with Gasteiger partial charge >= 0.3 is 0 Å². The summed E-state index contributed by atoms with van der Waals surface area (Å²) in [7, 11) is 0. The number of aromatic amines is 1. The Bertz CT molecular complexity index is 934. The first-order valence-electron chi connectivity index (χ1n) is 8.43. The lowest BCUT2D eigenvalue weighted by Gasteiger charge is -2.24. The highest BCUT2D eigenvalue weighted by Crippen LogP contribution is 2.38. The Kier molecular flexibility index (Phi) is 4.05. The Morgan fingerprint density at radius 2 is 1.77 bits per heavy atom. The molecule has 0 aliphatic carbocycles. The van der Waals surface area contributed by atoms with Crippen LogP contribution in [0.15, 0.2) is 60.8 Å². The molecule has 1 aromatic heterocycles. The number of anilines is 1. The zero-order valence-electron chi connectivity index (χ0n) is 14.5. The SMILES string of the molecule is CC1(C)NC(c2cn[nH]c2-c2ccc(Cl)cc2)N(c2ccccc2)C1=O. The molecule has 0 radical (unpaired) electrons. The van der Waals surface area contributed by atoms with Gasteiger partial charge in [0.1, 0.15) is 6.17 Å². The van der Waals surface area contributed by atoms with Gasteiger partial charge in [-0.15, -0.1) is 0 Å². The van der Waals surface area contributed by atoms with Crippen LogP contribution < -0.4 is 10.2 Å². The number of nitrogens with zero attached hydrogens (tertiary/aromatic N) is 2. The van der Waals surface area contributed by atoms with Crippen molar-refractivity contribution in [3.8, 4) is 11.3 Å². The van der Waals surface area contributed by atoms with Crippen LogP contribution in [0.5, 0.6) is 0 Å². The van der Waals surface area contributed by atoms with Gasteiger partial charge < -0.3 is 0 Å². The van der Waals surface area contributed by atoms with Crippen LogP contribution in [-0.2, 0) is 4.79 Å². The van der Waals surface area contributed by atoms with Crippen molar-refractivity contribution in [2.75, 3.05) is 4.90 Å². The lowest BCUT2D eigenvalue weighted by molar-refractivity contribution is -0.121. The van der Waals surface area contributed by atoms with E-state index >= 15 is 0 Å². The molecule has 3 aromatic rings. The van der Waals surface area contributed by atoms with Crippen LogP contribution in [0.1, 0.15) is 25.6 Å². The minimum atomic E-state index is -0.672. The average molecular weight is 367 g/mol. The first-order valence-corrected chi connectivity index (χ1v) is 8.81. The van der Waals surface area contributed by atoms with Gasteiger partial charge in [-0.1, -0.05) is 41.9 Å². The van der Waals surface area contributed by atoms with Crippen LogP contribution in [0.2, 0.25) is 5.02 Å². The molecule has 1 atom stereocenters. The van der Waals surface area contributed by atoms with Gasteiger partial charge in [0.25, 0.3) is 0 Å². The molecule has 6 heteroatoms. The number of amides is 1. The van der Waals surface area contributed by atoms with Gasteiger partial charge in [0.15, 0.2) is 0 Å². The molecule has 1 aliphatic rings. The molecule has 1 fully saturated rings. The van der Waals surface area contributed by atoms with Gasteiger partial charge in [-0.2, -0.15) is 5.10 Å². The lowest BCUT2D eigenvalue weighted by atomic mass is 10.1. The standard InChI is InChI=1S/C20H19ClN4O/c1-20(2)19(26)25(15-6-4-3-5-7-15)18(23-20)16-12-22-24-17(16)13-8-10-14(21)11-9-13/h3-12,18,23H,1-2H3,(H,22,24). The summed E-state index contributed by atoms with van der Waals surface area (Å²) in [5, 5.41) is 11.4. The van der Waals surface area contributed by atoms with Crippen molar-refractivity contribution < 1.29 is 4.79 Å². The maximum absolute atomic E-state index is 13.0. The molecule has 2 heterocycles. The predicted molar refractivity (Wildman–Crippen MR) is 103 cm³/mol. The first-order chi connectivity index (χ1) is 12.5. The third-order valence-corrected chi connectivity index (χ3v) is 4.89. The quantitative estimate of drug-likeness (QED) is 0.732. The maximum Gasteiger partial charge on any atom is 0.248 e. The molecular weight excluding hydrogens is 348 g/mol. The number of halogens is 1. The average Bonchev–Trinajstić information content (AvgIpc) is 3.20. The van der Waals surface area contributed by atoms with E-state index in [2.05, 4.69) is 15.5 Å². The summed E-state index contributed by atoms with van der Waals surface area (Å²) in [6.07, 6.45) is 1.45. The number of carbonyl (C=O) groups is 1. The molecule has 1 amide bonds. The Hall–Kier alpha value is -2.63. The maximum atomic E-state index is 13.0. The molecule has 1 aliphatic heterocycles. The van der Waals surface area contributed by atoms with Gasteiger partial charge in [0.05, 0.1) is 17.4 Å². The van der Waals surface area contributed by atoms with E-state index in [0.29, 0.717) is 5.02 Å². The van der Waals surface area contributed by atoms with Crippen molar-refractivity contribution >= 4 is 23.2 Å². The third-order valence-electron chi connectivity index (χ3n) is 4.64. The topological polar surface area (TPSA) is 61.0 Å². The molecule has 2 N–H and O–H groups in total. The van der Waals surface area contributed by atoms with Crippen molar-refractivity contribution in [2.45, 2.75) is 25.6 Å². The van der Waals surface area contributed by atoms with Crippen LogP contribution >= 0.6 is 11.6 Å². The number of carbonyl (C=O) groups excluding carboxylic acids is 1. The van der Waals surface area contributed by atoms with E-state index in [4.69, 9.17) is 11.6 Å². The second-order valence-corrected chi connectivity index (χ2v) is 7.33. The summed E-state index contributed by atoms with van der Waals surface area (Å²) >= 11 is 6.01. The fourth-order valence-corrected chi connectivity index (χ4v) is 3.43. The van der Waals surface area contributed by atoms with Crippen molar-refractivity contribution in [1.82, 2.24) is 15.5 Å². The zero-order chi connectivity index (χ0) is 18.3. The van der Waals surface area contributed by atoms with E-state index in [1.165, 1.54) is 0 Å². The fraction of sp³-hybridized carbons (Fsp3) is 0.200. The summed E-state index contributed by atoms with van der Waals surface area (Å²) in [5.74, 6) is 0.0250. The minimum absolute atomic E-state index is 0.0250. The highest BCUT2D eigenvalue weighted by Gasteiger charge is 2.47. The van der Waals surface area contributed by atoms with Gasteiger partial charge in [-0.25, -0.2) is 0 Å². The summed E-state index contributed by atoms with van der Waals surface area (Å²) in [6, 6.07) is 17.2. The van der Waals surface area contributed by atoms with E-state index in [9.17, 15) is 4.79 Å². The van der Waals surface area contributed by atoms with Gasteiger partial charge in [-0.3, -0.25) is 20.1 Å². The minimum Gasteiger partial charge on any atom is -0.290 e. The molecule has 0 bridgehead atoms. The van der Waals surface area contributed by atoms with E-state index in [1.807, 2.05) is 68.4 Å². The van der Waals surface area contributed by atoms with Crippen molar-refractivity contribution in [2.24, 2.45) is 0 Å². The van der Waals surface area contributed by atoms with Crippen LogP contribution in [0.25, 0.3) is 11.3 Å². The molecule has 132 valence electrons. The Morgan fingerprint density at radius 3 is 2.46 bits per heavy atom. The number of hydrogen-bond donors (Lipinski definition) is 2. The highest BCUT2D eigenvalue weighted by molar-refractivity contribution is 6.30. The normalized spacial score (nSPS) is 19.1. The van der Waals surface area contributed by atoms with Crippen LogP contribution in [-0.4, -0.2) is 21.6 Å². The Labute approximate surface area is 157 Å². The fourth-order valence-electron chi connectivity index (χ4n) is 3.31. The monoisotopic (exact) mass is 366 g/mol. The Morgan fingerprint density at radius 1 is 1.08 bits per heavy atom. The lowest BCUT2D eigenvalue weighted by Crippen LogP contribution is -2.40. The molecule has 26 heavy (non-hydrogen) atoms. The molecule has 1 unspecified atom stereocenters. The van der Waals surface area contributed by atoms with Crippen molar-refractivity contribution in [3.05, 3.63) is 71.4 Å². The largest absolute Gasteiger partial charge is 0.290 e. The smallest absolute Gasteiger partial charge is 0.248 e. The number of benzene rings is 2. The second-order valence-electron chi connectivity index (χ2n) is 6.89. The summed E-state index contributed by atoms with van der Waals surface area (Å²) < 4.78 is 0. The number of aromatic nitrogens is 2.